The SMILES string of the molecule is COc1cc(OC)c2nc(C(S)c3ccccc3N(C)C)[nH]c2c1. The number of para-hydroxylation sites is 1. The number of thiol groups is 1. The van der Waals surface area contributed by atoms with Gasteiger partial charge in [0.05, 0.1) is 25.0 Å². The smallest absolute Gasteiger partial charge is 0.150 e. The highest BCUT2D eigenvalue weighted by molar-refractivity contribution is 7.80. The number of aromatic nitrogens is 2. The molecule has 0 aliphatic carbocycles. The molecule has 1 heterocycles. The van der Waals surface area contributed by atoms with Gasteiger partial charge >= 0.3 is 0 Å². The van der Waals surface area contributed by atoms with Gasteiger partial charge in [-0.1, -0.05) is 18.2 Å². The van der Waals surface area contributed by atoms with Crippen LogP contribution >= 0.6 is 12.6 Å². The number of fused-ring (bicyclic) bond motifs is 1. The lowest BCUT2D eigenvalue weighted by Crippen LogP contribution is -2.12. The number of ether oxygens (including phenoxy) is 2. The van der Waals surface area contributed by atoms with Crippen LogP contribution in [0.25, 0.3) is 11.0 Å². The van der Waals surface area contributed by atoms with Gasteiger partial charge in [-0.15, -0.1) is 0 Å². The quantitative estimate of drug-likeness (QED) is 0.694. The van der Waals surface area contributed by atoms with Crippen LogP contribution in [0.1, 0.15) is 16.6 Å². The summed E-state index contributed by atoms with van der Waals surface area (Å²) < 4.78 is 10.8. The summed E-state index contributed by atoms with van der Waals surface area (Å²) in [6, 6.07) is 11.9. The number of methoxy groups -OCH3 is 2. The summed E-state index contributed by atoms with van der Waals surface area (Å²) in [5, 5.41) is -0.174. The molecule has 0 fully saturated rings. The molecule has 1 atom stereocenters. The monoisotopic (exact) mass is 343 g/mol. The summed E-state index contributed by atoms with van der Waals surface area (Å²) in [5.74, 6) is 2.17. The van der Waals surface area contributed by atoms with Gasteiger partial charge in [-0.05, 0) is 11.6 Å². The van der Waals surface area contributed by atoms with Crippen LogP contribution in [0.5, 0.6) is 11.5 Å². The fourth-order valence-electron chi connectivity index (χ4n) is 2.76. The molecule has 0 aliphatic rings. The van der Waals surface area contributed by atoms with Crippen molar-refractivity contribution in [2.24, 2.45) is 0 Å². The standard InChI is InChI=1S/C18H21N3O2S/c1-21(2)14-8-6-5-7-12(14)17(24)18-19-13-9-11(22-3)10-15(23-4)16(13)20-18/h5-10,17,24H,1-4H3,(H,19,20). The maximum atomic E-state index is 5.44. The first-order valence-electron chi connectivity index (χ1n) is 7.61. The Labute approximate surface area is 147 Å². The summed E-state index contributed by atoms with van der Waals surface area (Å²) in [6.07, 6.45) is 0. The van der Waals surface area contributed by atoms with Crippen LogP contribution in [0.15, 0.2) is 36.4 Å². The number of aromatic amines is 1. The van der Waals surface area contributed by atoms with Crippen LogP contribution in [-0.2, 0) is 0 Å². The van der Waals surface area contributed by atoms with Crippen LogP contribution < -0.4 is 14.4 Å². The van der Waals surface area contributed by atoms with Gasteiger partial charge in [-0.3, -0.25) is 0 Å². The van der Waals surface area contributed by atoms with E-state index in [2.05, 4.69) is 22.0 Å². The molecule has 0 spiro atoms. The molecule has 126 valence electrons. The maximum Gasteiger partial charge on any atom is 0.150 e. The second-order valence-electron chi connectivity index (χ2n) is 5.70. The van der Waals surface area contributed by atoms with Gasteiger partial charge in [-0.2, -0.15) is 12.6 Å². The van der Waals surface area contributed by atoms with Crippen LogP contribution in [0.2, 0.25) is 0 Å². The number of anilines is 1. The Hall–Kier alpha value is -2.34. The summed E-state index contributed by atoms with van der Waals surface area (Å²) >= 11 is 4.80. The third-order valence-electron chi connectivity index (χ3n) is 3.97. The van der Waals surface area contributed by atoms with Crippen molar-refractivity contribution in [3.8, 4) is 11.5 Å². The van der Waals surface area contributed by atoms with Gasteiger partial charge in [0.1, 0.15) is 22.8 Å². The van der Waals surface area contributed by atoms with Crippen LogP contribution in [-0.4, -0.2) is 38.3 Å². The Morgan fingerprint density at radius 3 is 2.54 bits per heavy atom. The third-order valence-corrected chi connectivity index (χ3v) is 4.49. The molecule has 0 saturated heterocycles. The minimum Gasteiger partial charge on any atom is -0.497 e. The predicted molar refractivity (Wildman–Crippen MR) is 101 cm³/mol. The second-order valence-corrected chi connectivity index (χ2v) is 6.22. The average molecular weight is 343 g/mol. The highest BCUT2D eigenvalue weighted by atomic mass is 32.1. The van der Waals surface area contributed by atoms with Crippen molar-refractivity contribution in [2.45, 2.75) is 5.25 Å². The summed E-state index contributed by atoms with van der Waals surface area (Å²) in [6.45, 7) is 0. The summed E-state index contributed by atoms with van der Waals surface area (Å²) in [4.78, 5) is 10.1. The number of imidazole rings is 1. The zero-order valence-electron chi connectivity index (χ0n) is 14.2. The lowest BCUT2D eigenvalue weighted by atomic mass is 10.1. The lowest BCUT2D eigenvalue weighted by Gasteiger charge is -2.20. The molecule has 1 N–H and O–H groups in total. The van der Waals surface area contributed by atoms with Gasteiger partial charge < -0.3 is 19.4 Å². The van der Waals surface area contributed by atoms with E-state index in [0.717, 1.165) is 33.9 Å². The second kappa shape index (κ2) is 6.65. The molecule has 0 bridgehead atoms. The van der Waals surface area contributed by atoms with Crippen molar-refractivity contribution in [2.75, 3.05) is 33.2 Å². The Balaban J connectivity index is 2.10. The Bertz CT molecular complexity index is 861. The molecule has 24 heavy (non-hydrogen) atoms. The Morgan fingerprint density at radius 1 is 1.12 bits per heavy atom. The number of rotatable bonds is 5. The van der Waals surface area contributed by atoms with Crippen LogP contribution in [0, 0.1) is 0 Å². The molecule has 3 aromatic rings. The molecule has 3 rings (SSSR count). The van der Waals surface area contributed by atoms with E-state index in [0.29, 0.717) is 5.75 Å². The molecule has 5 nitrogen and oxygen atoms in total. The van der Waals surface area contributed by atoms with E-state index in [9.17, 15) is 0 Å². The Morgan fingerprint density at radius 2 is 1.88 bits per heavy atom. The minimum absolute atomic E-state index is 0.174. The fraction of sp³-hybridized carbons (Fsp3) is 0.278. The van der Waals surface area contributed by atoms with E-state index in [-0.39, 0.29) is 5.25 Å². The lowest BCUT2D eigenvalue weighted by molar-refractivity contribution is 0.397. The van der Waals surface area contributed by atoms with Crippen molar-refractivity contribution < 1.29 is 9.47 Å². The van der Waals surface area contributed by atoms with E-state index >= 15 is 0 Å². The zero-order valence-corrected chi connectivity index (χ0v) is 15.1. The van der Waals surface area contributed by atoms with Gasteiger partial charge in [0.25, 0.3) is 0 Å². The summed E-state index contributed by atoms with van der Waals surface area (Å²) in [7, 11) is 7.30. The van der Waals surface area contributed by atoms with E-state index < -0.39 is 0 Å². The van der Waals surface area contributed by atoms with Crippen molar-refractivity contribution in [1.29, 1.82) is 0 Å². The van der Waals surface area contributed by atoms with E-state index in [1.165, 1.54) is 0 Å². The van der Waals surface area contributed by atoms with Crippen molar-refractivity contribution in [3.05, 3.63) is 47.8 Å². The molecule has 1 unspecified atom stereocenters. The molecule has 0 aliphatic heterocycles. The van der Waals surface area contributed by atoms with Crippen LogP contribution in [0.4, 0.5) is 5.69 Å². The molecule has 0 amide bonds. The number of nitrogens with one attached hydrogen (secondary N) is 1. The minimum atomic E-state index is -0.174. The molecular weight excluding hydrogens is 322 g/mol. The van der Waals surface area contributed by atoms with E-state index in [1.54, 1.807) is 14.2 Å². The summed E-state index contributed by atoms with van der Waals surface area (Å²) in [5.41, 5.74) is 3.84. The molecule has 2 aromatic carbocycles. The Kier molecular flexibility index (Phi) is 4.57. The van der Waals surface area contributed by atoms with Crippen LogP contribution in [0.3, 0.4) is 0 Å². The highest BCUT2D eigenvalue weighted by Gasteiger charge is 2.19. The topological polar surface area (TPSA) is 50.4 Å². The largest absolute Gasteiger partial charge is 0.497 e. The first-order chi connectivity index (χ1) is 11.5. The zero-order chi connectivity index (χ0) is 17.3. The number of nitrogens with zero attached hydrogens (tertiary/aromatic N) is 2. The third kappa shape index (κ3) is 2.89. The highest BCUT2D eigenvalue weighted by Crippen LogP contribution is 2.36. The number of benzene rings is 2. The van der Waals surface area contributed by atoms with Gasteiger partial charge in [-0.25, -0.2) is 4.98 Å². The van der Waals surface area contributed by atoms with E-state index in [4.69, 9.17) is 27.1 Å². The number of H-pyrrole nitrogens is 1. The van der Waals surface area contributed by atoms with Crippen molar-refractivity contribution in [1.82, 2.24) is 9.97 Å². The van der Waals surface area contributed by atoms with Crippen molar-refractivity contribution in [3.63, 3.8) is 0 Å². The van der Waals surface area contributed by atoms with Gasteiger partial charge in [0.2, 0.25) is 0 Å². The fourth-order valence-corrected chi connectivity index (χ4v) is 3.10. The molecule has 1 aromatic heterocycles. The number of hydrogen-bond acceptors (Lipinski definition) is 5. The van der Waals surface area contributed by atoms with Gasteiger partial charge in [0, 0.05) is 31.9 Å². The average Bonchev–Trinajstić information content (AvgIpc) is 3.04. The number of hydrogen-bond donors (Lipinski definition) is 2. The van der Waals surface area contributed by atoms with Gasteiger partial charge in [0.15, 0.2) is 0 Å². The molecule has 0 radical (unpaired) electrons. The molecular formula is C18H21N3O2S. The first kappa shape index (κ1) is 16.5. The first-order valence-corrected chi connectivity index (χ1v) is 8.12. The predicted octanol–water partition coefficient (Wildman–Crippen LogP) is 3.67. The molecule has 6 heteroatoms. The maximum absolute atomic E-state index is 5.44. The van der Waals surface area contributed by atoms with Crippen molar-refractivity contribution >= 4 is 29.3 Å². The normalized spacial score (nSPS) is 12.2. The molecule has 0 saturated carbocycles. The van der Waals surface area contributed by atoms with E-state index in [1.807, 2.05) is 38.4 Å².